The summed E-state index contributed by atoms with van der Waals surface area (Å²) in [6.45, 7) is 12.3. The third-order valence-corrected chi connectivity index (χ3v) is 3.41. The first-order valence-corrected chi connectivity index (χ1v) is 8.28. The minimum absolute atomic E-state index is 0.250. The van der Waals surface area contributed by atoms with Crippen molar-refractivity contribution in [1.82, 2.24) is 9.55 Å². The smallest absolute Gasteiger partial charge is 0.137 e. The van der Waals surface area contributed by atoms with Crippen molar-refractivity contribution in [3.05, 3.63) is 46.9 Å². The number of aryl methyl sites for hydroxylation is 4. The number of nitrogens with zero attached hydrogens (tertiary/aromatic N) is 2. The molecule has 0 saturated carbocycles. The maximum atomic E-state index is 7.57. The topological polar surface area (TPSA) is 47.3 Å². The second kappa shape index (κ2) is 10.2. The van der Waals surface area contributed by atoms with Crippen molar-refractivity contribution in [2.24, 2.45) is 0 Å². The lowest BCUT2D eigenvalue weighted by Gasteiger charge is -2.10. The maximum absolute atomic E-state index is 7.57. The number of ether oxygens (including phenoxy) is 1. The lowest BCUT2D eigenvalue weighted by Crippen LogP contribution is -2.02. The number of aliphatic hydroxyl groups excluding tert-OH is 1. The average molecular weight is 318 g/mol. The summed E-state index contributed by atoms with van der Waals surface area (Å²) >= 11 is 0. The molecule has 1 N–H and O–H groups in total. The summed E-state index contributed by atoms with van der Waals surface area (Å²) in [5.74, 6) is 1.02. The van der Waals surface area contributed by atoms with E-state index in [1.165, 1.54) is 29.8 Å². The summed E-state index contributed by atoms with van der Waals surface area (Å²) in [4.78, 5) is 4.56. The molecule has 23 heavy (non-hydrogen) atoms. The number of hydrogen-bond donors (Lipinski definition) is 1. The summed E-state index contributed by atoms with van der Waals surface area (Å²) in [6.07, 6.45) is 2.56. The fraction of sp³-hybridized carbons (Fsp3) is 0.526. The highest BCUT2D eigenvalue weighted by atomic mass is 16.5. The predicted molar refractivity (Wildman–Crippen MR) is 95.3 cm³/mol. The third kappa shape index (κ3) is 6.55. The maximum Gasteiger partial charge on any atom is 0.137 e. The number of pyridine rings is 1. The van der Waals surface area contributed by atoms with Crippen LogP contribution in [-0.4, -0.2) is 34.5 Å². The van der Waals surface area contributed by atoms with Crippen LogP contribution in [-0.2, 0) is 4.74 Å². The van der Waals surface area contributed by atoms with E-state index in [0.717, 1.165) is 24.7 Å². The van der Waals surface area contributed by atoms with Crippen LogP contribution in [0.15, 0.2) is 24.3 Å². The van der Waals surface area contributed by atoms with E-state index in [1.807, 2.05) is 6.92 Å². The Morgan fingerprint density at radius 1 is 1.04 bits per heavy atom. The monoisotopic (exact) mass is 318 g/mol. The molecular weight excluding hydrogens is 288 g/mol. The van der Waals surface area contributed by atoms with Gasteiger partial charge < -0.3 is 14.4 Å². The number of aliphatic hydroxyl groups is 1. The van der Waals surface area contributed by atoms with Crippen molar-refractivity contribution >= 4 is 0 Å². The van der Waals surface area contributed by atoms with Crippen molar-refractivity contribution in [1.29, 1.82) is 0 Å². The van der Waals surface area contributed by atoms with E-state index in [9.17, 15) is 0 Å². The SMILES string of the molecule is C1CCOC1.CCO.Cc1cc(C)nc(-n2c(C)ccc2C)c1. The second-order valence-corrected chi connectivity index (χ2v) is 5.73. The molecule has 0 aliphatic carbocycles. The number of aromatic nitrogens is 2. The van der Waals surface area contributed by atoms with E-state index in [4.69, 9.17) is 9.84 Å². The molecule has 1 aliphatic heterocycles. The first-order valence-electron chi connectivity index (χ1n) is 8.28. The van der Waals surface area contributed by atoms with Gasteiger partial charge in [-0.1, -0.05) is 0 Å². The molecule has 0 amide bonds. The van der Waals surface area contributed by atoms with Gasteiger partial charge >= 0.3 is 0 Å². The van der Waals surface area contributed by atoms with Gasteiger partial charge in [0.2, 0.25) is 0 Å². The molecule has 2 aromatic rings. The molecule has 0 aromatic carbocycles. The quantitative estimate of drug-likeness (QED) is 0.867. The first-order chi connectivity index (χ1) is 11.0. The van der Waals surface area contributed by atoms with Crippen molar-refractivity contribution < 1.29 is 9.84 Å². The average Bonchev–Trinajstić information content (AvgIpc) is 3.12. The van der Waals surface area contributed by atoms with Gasteiger partial charge in [0.05, 0.1) is 0 Å². The van der Waals surface area contributed by atoms with Crippen molar-refractivity contribution in [2.45, 2.75) is 47.5 Å². The van der Waals surface area contributed by atoms with Crippen LogP contribution in [0.3, 0.4) is 0 Å². The normalized spacial score (nSPS) is 13.0. The molecule has 1 saturated heterocycles. The Morgan fingerprint density at radius 2 is 1.57 bits per heavy atom. The summed E-state index contributed by atoms with van der Waals surface area (Å²) < 4.78 is 7.12. The second-order valence-electron chi connectivity index (χ2n) is 5.73. The highest BCUT2D eigenvalue weighted by Gasteiger charge is 2.05. The molecule has 0 spiro atoms. The van der Waals surface area contributed by atoms with Gasteiger partial charge in [-0.25, -0.2) is 4.98 Å². The van der Waals surface area contributed by atoms with Crippen molar-refractivity contribution in [2.75, 3.05) is 19.8 Å². The van der Waals surface area contributed by atoms with Gasteiger partial charge in [-0.2, -0.15) is 0 Å². The van der Waals surface area contributed by atoms with Gasteiger partial charge in [0, 0.05) is 36.9 Å². The van der Waals surface area contributed by atoms with Crippen LogP contribution in [0.5, 0.6) is 0 Å². The summed E-state index contributed by atoms with van der Waals surface area (Å²) in [5, 5.41) is 7.57. The van der Waals surface area contributed by atoms with Crippen LogP contribution in [0.4, 0.5) is 0 Å². The predicted octanol–water partition coefficient (Wildman–Crippen LogP) is 3.90. The molecule has 0 atom stereocenters. The Morgan fingerprint density at radius 3 is 1.96 bits per heavy atom. The number of rotatable bonds is 1. The van der Waals surface area contributed by atoms with Crippen LogP contribution in [0.2, 0.25) is 0 Å². The van der Waals surface area contributed by atoms with E-state index in [0.29, 0.717) is 0 Å². The molecule has 128 valence electrons. The fourth-order valence-corrected chi connectivity index (χ4v) is 2.47. The van der Waals surface area contributed by atoms with Gasteiger partial charge in [-0.3, -0.25) is 0 Å². The lowest BCUT2D eigenvalue weighted by molar-refractivity contribution is 0.198. The summed E-state index contributed by atoms with van der Waals surface area (Å²) in [6, 6.07) is 8.45. The molecule has 4 nitrogen and oxygen atoms in total. The third-order valence-electron chi connectivity index (χ3n) is 3.41. The van der Waals surface area contributed by atoms with E-state index >= 15 is 0 Å². The molecular formula is C19H30N2O2. The van der Waals surface area contributed by atoms with Gasteiger partial charge in [0.1, 0.15) is 5.82 Å². The lowest BCUT2D eigenvalue weighted by atomic mass is 10.2. The van der Waals surface area contributed by atoms with E-state index in [2.05, 4.69) is 54.6 Å². The zero-order valence-electron chi connectivity index (χ0n) is 15.1. The minimum atomic E-state index is 0.250. The van der Waals surface area contributed by atoms with Gasteiger partial charge in [0.25, 0.3) is 0 Å². The first kappa shape index (κ1) is 19.4. The summed E-state index contributed by atoms with van der Waals surface area (Å²) in [7, 11) is 0. The van der Waals surface area contributed by atoms with Gasteiger partial charge in [-0.15, -0.1) is 0 Å². The molecule has 2 aromatic heterocycles. The van der Waals surface area contributed by atoms with Gasteiger partial charge in [0.15, 0.2) is 0 Å². The molecule has 3 rings (SSSR count). The molecule has 3 heterocycles. The Balaban J connectivity index is 0.000000273. The molecule has 0 bridgehead atoms. The molecule has 1 fully saturated rings. The fourth-order valence-electron chi connectivity index (χ4n) is 2.47. The standard InChI is InChI=1S/C13H16N2.C4H8O.C2H6O/c1-9-7-10(2)14-13(8-9)15-11(3)5-6-12(15)4;1-2-4-5-3-1;1-2-3/h5-8H,1-4H3;1-4H2;3H,2H2,1H3. The summed E-state index contributed by atoms with van der Waals surface area (Å²) in [5.41, 5.74) is 4.78. The largest absolute Gasteiger partial charge is 0.397 e. The van der Waals surface area contributed by atoms with E-state index < -0.39 is 0 Å². The zero-order chi connectivity index (χ0) is 17.2. The highest BCUT2D eigenvalue weighted by Crippen LogP contribution is 2.16. The Hall–Kier alpha value is -1.65. The van der Waals surface area contributed by atoms with Crippen molar-refractivity contribution in [3.63, 3.8) is 0 Å². The van der Waals surface area contributed by atoms with Crippen molar-refractivity contribution in [3.8, 4) is 5.82 Å². The molecule has 4 heteroatoms. The van der Waals surface area contributed by atoms with E-state index in [1.54, 1.807) is 6.92 Å². The highest BCUT2D eigenvalue weighted by molar-refractivity contribution is 5.35. The molecule has 0 unspecified atom stereocenters. The molecule has 1 aliphatic rings. The molecule has 0 radical (unpaired) electrons. The Labute approximate surface area is 140 Å². The Bertz CT molecular complexity index is 540. The zero-order valence-corrected chi connectivity index (χ0v) is 15.1. The van der Waals surface area contributed by atoms with Crippen LogP contribution in [0.1, 0.15) is 42.4 Å². The van der Waals surface area contributed by atoms with Crippen LogP contribution >= 0.6 is 0 Å². The number of hydrogen-bond acceptors (Lipinski definition) is 3. The minimum Gasteiger partial charge on any atom is -0.397 e. The van der Waals surface area contributed by atoms with Gasteiger partial charge in [-0.05, 0) is 77.3 Å². The van der Waals surface area contributed by atoms with Crippen LogP contribution < -0.4 is 0 Å². The van der Waals surface area contributed by atoms with Crippen LogP contribution in [0.25, 0.3) is 5.82 Å². The van der Waals surface area contributed by atoms with Crippen LogP contribution in [0, 0.1) is 27.7 Å². The Kier molecular flexibility index (Phi) is 8.59. The van der Waals surface area contributed by atoms with E-state index in [-0.39, 0.29) is 6.61 Å².